The van der Waals surface area contributed by atoms with E-state index in [2.05, 4.69) is 33.2 Å². The molecule has 0 N–H and O–H groups in total. The number of alkyl halides is 1. The molecule has 86 valence electrons. The van der Waals surface area contributed by atoms with Gasteiger partial charge in [-0.05, 0) is 29.3 Å². The van der Waals surface area contributed by atoms with E-state index in [1.54, 1.807) is 0 Å². The van der Waals surface area contributed by atoms with Crippen molar-refractivity contribution in [2.45, 2.75) is 25.1 Å². The lowest BCUT2D eigenvalue weighted by Crippen LogP contribution is -2.14. The summed E-state index contributed by atoms with van der Waals surface area (Å²) >= 11 is 3.42. The Morgan fingerprint density at radius 1 is 1.44 bits per heavy atom. The number of rotatable bonds is 5. The number of hydrogen-bond donors (Lipinski definition) is 0. The summed E-state index contributed by atoms with van der Waals surface area (Å²) in [5, 5.41) is 8.87. The third-order valence-electron chi connectivity index (χ3n) is 2.35. The summed E-state index contributed by atoms with van der Waals surface area (Å²) < 4.78 is 0. The van der Waals surface area contributed by atoms with E-state index in [4.69, 9.17) is 4.84 Å². The molecule has 0 aliphatic rings. The third-order valence-corrected chi connectivity index (χ3v) is 2.99. The monoisotopic (exact) mass is 283 g/mol. The van der Waals surface area contributed by atoms with E-state index in [0.717, 1.165) is 29.2 Å². The maximum Gasteiger partial charge on any atom is 0.130 e. The van der Waals surface area contributed by atoms with E-state index < -0.39 is 0 Å². The highest BCUT2D eigenvalue weighted by molar-refractivity contribution is 9.08. The first-order valence-corrected chi connectivity index (χ1v) is 6.51. The van der Waals surface area contributed by atoms with Crippen LogP contribution in [0.2, 0.25) is 0 Å². The highest BCUT2D eigenvalue weighted by Gasteiger charge is 2.05. The van der Waals surface area contributed by atoms with Crippen molar-refractivity contribution in [3.05, 3.63) is 23.8 Å². The van der Waals surface area contributed by atoms with Crippen molar-refractivity contribution < 1.29 is 4.84 Å². The van der Waals surface area contributed by atoms with Gasteiger partial charge in [-0.15, -0.1) is 5.10 Å². The summed E-state index contributed by atoms with van der Waals surface area (Å²) in [6.07, 6.45) is 2.14. The van der Waals surface area contributed by atoms with Crippen LogP contribution in [0.5, 0.6) is 0 Å². The number of benzene rings is 1. The first kappa shape index (κ1) is 11.4. The lowest BCUT2D eigenvalue weighted by atomic mass is 10.2. The van der Waals surface area contributed by atoms with Crippen LogP contribution in [0.15, 0.2) is 18.2 Å². The normalized spacial score (nSPS) is 10.9. The maximum absolute atomic E-state index is 5.50. The molecule has 5 heteroatoms. The van der Waals surface area contributed by atoms with Gasteiger partial charge < -0.3 is 4.84 Å². The van der Waals surface area contributed by atoms with Gasteiger partial charge in [0.25, 0.3) is 0 Å². The molecular weight excluding hydrogens is 270 g/mol. The van der Waals surface area contributed by atoms with Gasteiger partial charge in [0.15, 0.2) is 0 Å². The fourth-order valence-corrected chi connectivity index (χ4v) is 1.77. The zero-order valence-corrected chi connectivity index (χ0v) is 10.8. The number of fused-ring (bicyclic) bond motifs is 1. The molecule has 0 radical (unpaired) electrons. The molecule has 2 rings (SSSR count). The lowest BCUT2D eigenvalue weighted by Gasteiger charge is -2.03. The van der Waals surface area contributed by atoms with Gasteiger partial charge in [-0.3, -0.25) is 0 Å². The average Bonchev–Trinajstić information content (AvgIpc) is 2.72. The van der Waals surface area contributed by atoms with Crippen molar-refractivity contribution in [3.63, 3.8) is 0 Å². The summed E-state index contributed by atoms with van der Waals surface area (Å²) in [7, 11) is 0. The Bertz CT molecular complexity index is 469. The standard InChI is InChI=1S/C11H14BrN3O/c1-2-3-6-16-15-11-5-4-9(8-12)7-10(11)13-14-15/h4-5,7H,2-3,6,8H2,1H3. The number of aromatic nitrogens is 3. The Balaban J connectivity index is 2.20. The van der Waals surface area contributed by atoms with Gasteiger partial charge in [-0.2, -0.15) is 0 Å². The smallest absolute Gasteiger partial charge is 0.130 e. The molecule has 0 saturated heterocycles. The Morgan fingerprint density at radius 3 is 3.06 bits per heavy atom. The SMILES string of the molecule is CCCCOn1nnc2cc(CBr)ccc21. The molecule has 4 nitrogen and oxygen atoms in total. The van der Waals surface area contributed by atoms with Gasteiger partial charge in [0.05, 0.1) is 0 Å². The predicted octanol–water partition coefficient (Wildman–Crippen LogP) is 2.55. The second-order valence-corrected chi connectivity index (χ2v) is 4.17. The van der Waals surface area contributed by atoms with Crippen LogP contribution in [0.1, 0.15) is 25.3 Å². The second-order valence-electron chi connectivity index (χ2n) is 3.61. The summed E-state index contributed by atoms with van der Waals surface area (Å²) in [4.78, 5) is 7.01. The van der Waals surface area contributed by atoms with E-state index in [9.17, 15) is 0 Å². The van der Waals surface area contributed by atoms with Gasteiger partial charge in [0.2, 0.25) is 0 Å². The summed E-state index contributed by atoms with van der Waals surface area (Å²) in [6, 6.07) is 6.04. The minimum atomic E-state index is 0.676. The Hall–Kier alpha value is -1.10. The zero-order chi connectivity index (χ0) is 11.4. The molecule has 0 spiro atoms. The number of nitrogens with zero attached hydrogens (tertiary/aromatic N) is 3. The molecule has 0 bridgehead atoms. The van der Waals surface area contributed by atoms with Crippen LogP contribution < -0.4 is 4.84 Å². The van der Waals surface area contributed by atoms with Crippen LogP contribution in [-0.2, 0) is 5.33 Å². The van der Waals surface area contributed by atoms with Gasteiger partial charge in [-0.25, -0.2) is 0 Å². The maximum atomic E-state index is 5.50. The first-order valence-electron chi connectivity index (χ1n) is 5.38. The van der Waals surface area contributed by atoms with Gasteiger partial charge in [0, 0.05) is 5.33 Å². The Labute approximate surface area is 103 Å². The molecule has 1 heterocycles. The molecule has 0 unspecified atom stereocenters. The van der Waals surface area contributed by atoms with Gasteiger partial charge in [-0.1, -0.05) is 40.2 Å². The number of hydrogen-bond acceptors (Lipinski definition) is 3. The number of halogens is 1. The second kappa shape index (κ2) is 5.30. The fraction of sp³-hybridized carbons (Fsp3) is 0.455. The molecular formula is C11H14BrN3O. The largest absolute Gasteiger partial charge is 0.395 e. The minimum absolute atomic E-state index is 0.676. The quantitative estimate of drug-likeness (QED) is 0.625. The molecule has 0 amide bonds. The third kappa shape index (κ3) is 2.35. The first-order chi connectivity index (χ1) is 7.85. The summed E-state index contributed by atoms with van der Waals surface area (Å²) in [5.41, 5.74) is 2.97. The van der Waals surface area contributed by atoms with Crippen LogP contribution in [0.25, 0.3) is 11.0 Å². The molecule has 1 aromatic carbocycles. The van der Waals surface area contributed by atoms with E-state index in [1.807, 2.05) is 18.2 Å². The molecule has 0 aliphatic heterocycles. The highest BCUT2D eigenvalue weighted by Crippen LogP contribution is 2.14. The van der Waals surface area contributed by atoms with E-state index in [0.29, 0.717) is 6.61 Å². The molecule has 0 atom stereocenters. The molecule has 0 aliphatic carbocycles. The van der Waals surface area contributed by atoms with Crippen molar-refractivity contribution in [1.29, 1.82) is 0 Å². The summed E-state index contributed by atoms with van der Waals surface area (Å²) in [6.45, 7) is 2.81. The van der Waals surface area contributed by atoms with Crippen molar-refractivity contribution in [2.24, 2.45) is 0 Å². The molecule has 2 aromatic rings. The Morgan fingerprint density at radius 2 is 2.31 bits per heavy atom. The van der Waals surface area contributed by atoms with Crippen LogP contribution in [0, 0.1) is 0 Å². The predicted molar refractivity (Wildman–Crippen MR) is 66.5 cm³/mol. The number of unbranched alkanes of at least 4 members (excludes halogenated alkanes) is 1. The van der Waals surface area contributed by atoms with Crippen molar-refractivity contribution in [3.8, 4) is 0 Å². The Kier molecular flexibility index (Phi) is 3.77. The highest BCUT2D eigenvalue weighted by atomic mass is 79.9. The van der Waals surface area contributed by atoms with Gasteiger partial charge in [0.1, 0.15) is 17.6 Å². The molecule has 16 heavy (non-hydrogen) atoms. The van der Waals surface area contributed by atoms with Crippen LogP contribution >= 0.6 is 15.9 Å². The van der Waals surface area contributed by atoms with E-state index >= 15 is 0 Å². The summed E-state index contributed by atoms with van der Waals surface area (Å²) in [5.74, 6) is 0. The minimum Gasteiger partial charge on any atom is -0.395 e. The van der Waals surface area contributed by atoms with Crippen LogP contribution in [-0.4, -0.2) is 21.8 Å². The average molecular weight is 284 g/mol. The van der Waals surface area contributed by atoms with E-state index in [1.165, 1.54) is 10.4 Å². The van der Waals surface area contributed by atoms with Crippen molar-refractivity contribution in [1.82, 2.24) is 15.2 Å². The van der Waals surface area contributed by atoms with Crippen molar-refractivity contribution in [2.75, 3.05) is 6.61 Å². The topological polar surface area (TPSA) is 39.9 Å². The van der Waals surface area contributed by atoms with Gasteiger partial charge >= 0.3 is 0 Å². The molecule has 0 saturated carbocycles. The zero-order valence-electron chi connectivity index (χ0n) is 9.19. The fourth-order valence-electron chi connectivity index (χ4n) is 1.42. The molecule has 1 aromatic heterocycles. The van der Waals surface area contributed by atoms with Crippen molar-refractivity contribution >= 4 is 27.0 Å². The molecule has 0 fully saturated rings. The lowest BCUT2D eigenvalue weighted by molar-refractivity contribution is 0.0853. The van der Waals surface area contributed by atoms with Crippen LogP contribution in [0.3, 0.4) is 0 Å². The van der Waals surface area contributed by atoms with E-state index in [-0.39, 0.29) is 0 Å². The van der Waals surface area contributed by atoms with Crippen LogP contribution in [0.4, 0.5) is 0 Å².